The second-order valence-electron chi connectivity index (χ2n) is 10.4. The highest BCUT2D eigenvalue weighted by Gasteiger charge is 2.39. The van der Waals surface area contributed by atoms with Crippen LogP contribution < -0.4 is 5.32 Å². The average molecular weight is 523 g/mol. The Morgan fingerprint density at radius 1 is 1.14 bits per heavy atom. The monoisotopic (exact) mass is 522 g/mol. The van der Waals surface area contributed by atoms with Crippen LogP contribution in [-0.2, 0) is 6.42 Å². The molecule has 3 aromatic rings. The van der Waals surface area contributed by atoms with Gasteiger partial charge in [-0.25, -0.2) is 17.6 Å². The zero-order chi connectivity index (χ0) is 26.3. The molecule has 3 heterocycles. The minimum Gasteiger partial charge on any atom is -0.393 e. The van der Waals surface area contributed by atoms with Crippen LogP contribution >= 0.6 is 0 Å². The molecule has 5 nitrogen and oxygen atoms in total. The summed E-state index contributed by atoms with van der Waals surface area (Å²) in [5, 5.41) is 13.3. The summed E-state index contributed by atoms with van der Waals surface area (Å²) in [4.78, 5) is 6.87. The van der Waals surface area contributed by atoms with Crippen molar-refractivity contribution in [3.63, 3.8) is 0 Å². The van der Waals surface area contributed by atoms with Gasteiger partial charge in [0.25, 0.3) is 0 Å². The van der Waals surface area contributed by atoms with Gasteiger partial charge in [0.1, 0.15) is 23.1 Å². The summed E-state index contributed by atoms with van der Waals surface area (Å²) in [6.45, 7) is 2.12. The predicted octanol–water partition coefficient (Wildman–Crippen LogP) is 4.71. The maximum absolute atomic E-state index is 15.6. The summed E-state index contributed by atoms with van der Waals surface area (Å²) in [7, 11) is 0. The number of benzene rings is 2. The Balaban J connectivity index is 1.48. The maximum atomic E-state index is 15.6. The van der Waals surface area contributed by atoms with Crippen LogP contribution in [0, 0.1) is 17.5 Å². The first-order chi connectivity index (χ1) is 17.7. The number of alkyl halides is 2. The molecule has 37 heavy (non-hydrogen) atoms. The van der Waals surface area contributed by atoms with Gasteiger partial charge in [0.15, 0.2) is 0 Å². The molecule has 5 rings (SSSR count). The third-order valence-corrected chi connectivity index (χ3v) is 7.34. The van der Waals surface area contributed by atoms with Gasteiger partial charge in [-0.2, -0.15) is 0 Å². The molecule has 0 bridgehead atoms. The standard InChI is InChI=1S/C27H31F5N4O/c1-27(32,15-37)14-36-8-5-19-20-9-16(29)3-4-23(20)34-25(19)26(36)24-21(30)10-17(11-22(24)31)33-18-12-35(13-18)7-2-6-28/h3-4,9-11,18,26,33-34,37H,2,5-8,12-15H2,1H3. The summed E-state index contributed by atoms with van der Waals surface area (Å²) in [5.41, 5.74) is -0.0671. The Labute approximate surface area is 212 Å². The Morgan fingerprint density at radius 2 is 1.86 bits per heavy atom. The van der Waals surface area contributed by atoms with Crippen molar-refractivity contribution in [2.45, 2.75) is 37.5 Å². The van der Waals surface area contributed by atoms with Crippen molar-refractivity contribution < 1.29 is 27.1 Å². The van der Waals surface area contributed by atoms with Gasteiger partial charge >= 0.3 is 0 Å². The SMILES string of the molecule is CC(F)(CO)CN1CCc2c([nH]c3ccc(F)cc23)C1c1c(F)cc(NC2CN(CCCF)C2)cc1F. The number of halogens is 5. The summed E-state index contributed by atoms with van der Waals surface area (Å²) in [6.07, 6.45) is 0.888. The second kappa shape index (κ2) is 10.2. The van der Waals surface area contributed by atoms with Gasteiger partial charge < -0.3 is 15.4 Å². The van der Waals surface area contributed by atoms with Crippen LogP contribution in [-0.4, -0.2) is 77.6 Å². The summed E-state index contributed by atoms with van der Waals surface area (Å²) in [6, 6.07) is 5.75. The first-order valence-corrected chi connectivity index (χ1v) is 12.6. The number of anilines is 1. The maximum Gasteiger partial charge on any atom is 0.143 e. The lowest BCUT2D eigenvalue weighted by atomic mass is 9.90. The Morgan fingerprint density at radius 3 is 2.54 bits per heavy atom. The van der Waals surface area contributed by atoms with Crippen molar-refractivity contribution in [2.24, 2.45) is 0 Å². The van der Waals surface area contributed by atoms with E-state index in [-0.39, 0.29) is 31.4 Å². The highest BCUT2D eigenvalue weighted by molar-refractivity contribution is 5.85. The number of H-pyrrole nitrogens is 1. The van der Waals surface area contributed by atoms with E-state index in [1.807, 2.05) is 0 Å². The van der Waals surface area contributed by atoms with Crippen molar-refractivity contribution in [1.29, 1.82) is 0 Å². The van der Waals surface area contributed by atoms with Crippen molar-refractivity contribution in [3.8, 4) is 0 Å². The quantitative estimate of drug-likeness (QED) is 0.357. The molecule has 10 heteroatoms. The van der Waals surface area contributed by atoms with E-state index in [0.717, 1.165) is 5.56 Å². The minimum absolute atomic E-state index is 0.00226. The molecular formula is C27H31F5N4O. The largest absolute Gasteiger partial charge is 0.393 e. The number of aromatic nitrogens is 1. The van der Waals surface area contributed by atoms with E-state index in [2.05, 4.69) is 15.2 Å². The highest BCUT2D eigenvalue weighted by atomic mass is 19.2. The van der Waals surface area contributed by atoms with Crippen LogP contribution in [0.25, 0.3) is 10.9 Å². The van der Waals surface area contributed by atoms with Gasteiger partial charge in [0, 0.05) is 60.6 Å². The van der Waals surface area contributed by atoms with Gasteiger partial charge in [-0.05, 0) is 55.7 Å². The normalized spacial score (nSPS) is 20.6. The van der Waals surface area contributed by atoms with E-state index in [4.69, 9.17) is 0 Å². The first kappa shape index (κ1) is 25.9. The third kappa shape index (κ3) is 5.19. The molecular weight excluding hydrogens is 491 g/mol. The number of aliphatic hydroxyl groups is 1. The Hall–Kier alpha value is -2.69. The molecule has 0 radical (unpaired) electrons. The number of hydrogen-bond acceptors (Lipinski definition) is 4. The first-order valence-electron chi connectivity index (χ1n) is 12.6. The van der Waals surface area contributed by atoms with Gasteiger partial charge in [-0.15, -0.1) is 0 Å². The van der Waals surface area contributed by atoms with E-state index in [1.165, 1.54) is 31.2 Å². The molecule has 2 aliphatic rings. The zero-order valence-corrected chi connectivity index (χ0v) is 20.6. The van der Waals surface area contributed by atoms with E-state index in [9.17, 15) is 18.3 Å². The molecule has 2 aliphatic heterocycles. The number of aliphatic hydroxyl groups excluding tert-OH is 1. The lowest BCUT2D eigenvalue weighted by Crippen LogP contribution is -2.54. The van der Waals surface area contributed by atoms with Crippen LogP contribution in [0.3, 0.4) is 0 Å². The number of nitrogens with one attached hydrogen (secondary N) is 2. The van der Waals surface area contributed by atoms with Gasteiger partial charge in [-0.3, -0.25) is 14.2 Å². The highest BCUT2D eigenvalue weighted by Crippen LogP contribution is 2.42. The summed E-state index contributed by atoms with van der Waals surface area (Å²) in [5.74, 6) is -1.99. The molecule has 0 amide bonds. The molecule has 200 valence electrons. The third-order valence-electron chi connectivity index (χ3n) is 7.34. The number of likely N-dealkylation sites (tertiary alicyclic amines) is 1. The zero-order valence-electron chi connectivity index (χ0n) is 20.6. The van der Waals surface area contributed by atoms with E-state index < -0.39 is 35.8 Å². The molecule has 1 saturated heterocycles. The predicted molar refractivity (Wildman–Crippen MR) is 133 cm³/mol. The van der Waals surface area contributed by atoms with E-state index in [0.29, 0.717) is 54.8 Å². The molecule has 1 aromatic heterocycles. The number of fused-ring (bicyclic) bond motifs is 3. The summed E-state index contributed by atoms with van der Waals surface area (Å²) < 4.78 is 72.6. The molecule has 0 saturated carbocycles. The number of hydrogen-bond donors (Lipinski definition) is 3. The topological polar surface area (TPSA) is 54.5 Å². The molecule has 1 fully saturated rings. The lowest BCUT2D eigenvalue weighted by molar-refractivity contribution is 0.0336. The van der Waals surface area contributed by atoms with Crippen molar-refractivity contribution in [3.05, 3.63) is 64.6 Å². The van der Waals surface area contributed by atoms with Crippen molar-refractivity contribution in [2.75, 3.05) is 51.3 Å². The molecule has 0 spiro atoms. The van der Waals surface area contributed by atoms with Crippen molar-refractivity contribution in [1.82, 2.24) is 14.8 Å². The average Bonchev–Trinajstić information content (AvgIpc) is 3.18. The number of aromatic amines is 1. The van der Waals surface area contributed by atoms with Crippen LogP contribution in [0.2, 0.25) is 0 Å². The van der Waals surface area contributed by atoms with Crippen LogP contribution in [0.1, 0.15) is 36.2 Å². The fourth-order valence-corrected chi connectivity index (χ4v) is 5.57. The fraction of sp³-hybridized carbons (Fsp3) is 0.481. The molecule has 2 atom stereocenters. The number of nitrogens with zero attached hydrogens (tertiary/aromatic N) is 2. The van der Waals surface area contributed by atoms with E-state index in [1.54, 1.807) is 11.0 Å². The smallest absolute Gasteiger partial charge is 0.143 e. The van der Waals surface area contributed by atoms with Crippen LogP contribution in [0.5, 0.6) is 0 Å². The Bertz CT molecular complexity index is 1250. The van der Waals surface area contributed by atoms with Crippen LogP contribution in [0.4, 0.5) is 27.6 Å². The summed E-state index contributed by atoms with van der Waals surface area (Å²) >= 11 is 0. The number of rotatable bonds is 9. The molecule has 0 aliphatic carbocycles. The van der Waals surface area contributed by atoms with Gasteiger partial charge in [0.2, 0.25) is 0 Å². The van der Waals surface area contributed by atoms with Crippen LogP contribution in [0.15, 0.2) is 30.3 Å². The van der Waals surface area contributed by atoms with Gasteiger partial charge in [-0.1, -0.05) is 0 Å². The second-order valence-corrected chi connectivity index (χ2v) is 10.4. The minimum atomic E-state index is -1.99. The molecule has 2 unspecified atom stereocenters. The fourth-order valence-electron chi connectivity index (χ4n) is 5.57. The van der Waals surface area contributed by atoms with Gasteiger partial charge in [0.05, 0.1) is 25.4 Å². The van der Waals surface area contributed by atoms with E-state index >= 15 is 8.78 Å². The molecule has 2 aromatic carbocycles. The Kier molecular flexibility index (Phi) is 7.17. The molecule has 3 N–H and O–H groups in total. The lowest BCUT2D eigenvalue weighted by Gasteiger charge is -2.40. The van der Waals surface area contributed by atoms with Crippen molar-refractivity contribution >= 4 is 16.6 Å².